The van der Waals surface area contributed by atoms with E-state index in [1.165, 1.54) is 0 Å². The van der Waals surface area contributed by atoms with E-state index in [-0.39, 0.29) is 0 Å². The molecule has 2 nitrogen and oxygen atoms in total. The maximum atomic E-state index is 4.86. The van der Waals surface area contributed by atoms with Crippen LogP contribution in [0.5, 0.6) is 0 Å². The number of aromatic nitrogens is 1. The van der Waals surface area contributed by atoms with E-state index in [2.05, 4.69) is 17.8 Å². The molecular formula is C6H9NOS. The largest absolute Gasteiger partial charge is 0.360 e. The molecule has 0 aromatic carbocycles. The van der Waals surface area contributed by atoms with Gasteiger partial charge in [-0.05, 0) is 13.3 Å². The van der Waals surface area contributed by atoms with E-state index in [1.54, 1.807) is 0 Å². The summed E-state index contributed by atoms with van der Waals surface area (Å²) in [6, 6.07) is 0. The molecule has 0 unspecified atom stereocenters. The second kappa shape index (κ2) is 2.43. The molecule has 0 spiro atoms. The molecule has 3 heteroatoms. The minimum Gasteiger partial charge on any atom is -0.360 e. The van der Waals surface area contributed by atoms with E-state index in [4.69, 9.17) is 4.52 Å². The van der Waals surface area contributed by atoms with Crippen LogP contribution in [0.25, 0.3) is 0 Å². The number of hydrogen-bond donors (Lipinski definition) is 1. The van der Waals surface area contributed by atoms with Gasteiger partial charge in [-0.25, -0.2) is 0 Å². The molecule has 1 heterocycles. The Labute approximate surface area is 59.6 Å². The molecule has 0 radical (unpaired) electrons. The van der Waals surface area contributed by atoms with Gasteiger partial charge in [0.2, 0.25) is 0 Å². The Morgan fingerprint density at radius 1 is 1.67 bits per heavy atom. The quantitative estimate of drug-likeness (QED) is 0.607. The second-order valence-corrected chi connectivity index (χ2v) is 2.33. The van der Waals surface area contributed by atoms with Crippen molar-refractivity contribution in [2.24, 2.45) is 0 Å². The molecule has 50 valence electrons. The van der Waals surface area contributed by atoms with Crippen molar-refractivity contribution in [3.05, 3.63) is 11.5 Å². The predicted octanol–water partition coefficient (Wildman–Crippen LogP) is 1.83. The van der Waals surface area contributed by atoms with Gasteiger partial charge < -0.3 is 4.52 Å². The topological polar surface area (TPSA) is 26.0 Å². The standard InChI is InChI=1S/C6H9NOS/c1-3-5-6(9)4(2)8-7-5/h9H,3H2,1-2H3. The molecule has 0 fully saturated rings. The molecule has 0 aliphatic rings. The van der Waals surface area contributed by atoms with Crippen LogP contribution in [0.3, 0.4) is 0 Å². The molecule has 1 rings (SSSR count). The summed E-state index contributed by atoms with van der Waals surface area (Å²) in [7, 11) is 0. The van der Waals surface area contributed by atoms with Crippen molar-refractivity contribution < 1.29 is 4.52 Å². The highest BCUT2D eigenvalue weighted by atomic mass is 32.1. The highest BCUT2D eigenvalue weighted by molar-refractivity contribution is 7.80. The third-order valence-electron chi connectivity index (χ3n) is 1.23. The third-order valence-corrected chi connectivity index (χ3v) is 1.81. The van der Waals surface area contributed by atoms with Gasteiger partial charge >= 0.3 is 0 Å². The summed E-state index contributed by atoms with van der Waals surface area (Å²) in [5, 5.41) is 3.78. The number of aryl methyl sites for hydroxylation is 2. The van der Waals surface area contributed by atoms with Crippen LogP contribution < -0.4 is 0 Å². The Kier molecular flexibility index (Phi) is 1.81. The lowest BCUT2D eigenvalue weighted by atomic mass is 10.3. The predicted molar refractivity (Wildman–Crippen MR) is 37.9 cm³/mol. The van der Waals surface area contributed by atoms with Crippen LogP contribution in [0.2, 0.25) is 0 Å². The first-order chi connectivity index (χ1) is 4.25. The van der Waals surface area contributed by atoms with Gasteiger partial charge in [0.05, 0.1) is 10.6 Å². The summed E-state index contributed by atoms with van der Waals surface area (Å²) < 4.78 is 4.86. The third kappa shape index (κ3) is 1.10. The second-order valence-electron chi connectivity index (χ2n) is 1.89. The summed E-state index contributed by atoms with van der Waals surface area (Å²) in [4.78, 5) is 0.887. The van der Waals surface area contributed by atoms with Crippen LogP contribution in [0.15, 0.2) is 9.42 Å². The minimum atomic E-state index is 0.801. The highest BCUT2D eigenvalue weighted by Crippen LogP contribution is 2.16. The van der Waals surface area contributed by atoms with Gasteiger partial charge in [-0.3, -0.25) is 0 Å². The van der Waals surface area contributed by atoms with Crippen LogP contribution in [0.1, 0.15) is 18.4 Å². The number of nitrogens with zero attached hydrogens (tertiary/aromatic N) is 1. The Morgan fingerprint density at radius 2 is 2.33 bits per heavy atom. The van der Waals surface area contributed by atoms with Crippen LogP contribution in [-0.4, -0.2) is 5.16 Å². The molecule has 0 N–H and O–H groups in total. The van der Waals surface area contributed by atoms with Crippen molar-refractivity contribution in [2.75, 3.05) is 0 Å². The van der Waals surface area contributed by atoms with Gasteiger partial charge in [0.1, 0.15) is 5.76 Å². The number of hydrogen-bond acceptors (Lipinski definition) is 3. The maximum Gasteiger partial charge on any atom is 0.147 e. The Bertz CT molecular complexity index is 207. The smallest absolute Gasteiger partial charge is 0.147 e. The fourth-order valence-electron chi connectivity index (χ4n) is 0.645. The first-order valence-electron chi connectivity index (χ1n) is 2.89. The van der Waals surface area contributed by atoms with E-state index in [1.807, 2.05) is 13.8 Å². The molecule has 0 atom stereocenters. The van der Waals surface area contributed by atoms with Crippen LogP contribution in [0.4, 0.5) is 0 Å². The van der Waals surface area contributed by atoms with E-state index in [9.17, 15) is 0 Å². The van der Waals surface area contributed by atoms with Crippen LogP contribution in [0, 0.1) is 6.92 Å². The number of thiol groups is 1. The maximum absolute atomic E-state index is 4.86. The molecule has 1 aromatic heterocycles. The zero-order valence-electron chi connectivity index (χ0n) is 5.51. The lowest BCUT2D eigenvalue weighted by molar-refractivity contribution is 0.389. The molecule has 0 saturated carbocycles. The first kappa shape index (κ1) is 6.68. The van der Waals surface area contributed by atoms with Crippen molar-refractivity contribution in [1.29, 1.82) is 0 Å². The zero-order valence-corrected chi connectivity index (χ0v) is 6.40. The van der Waals surface area contributed by atoms with E-state index in [0.29, 0.717) is 0 Å². The monoisotopic (exact) mass is 143 g/mol. The lowest BCUT2D eigenvalue weighted by Gasteiger charge is -1.84. The van der Waals surface area contributed by atoms with E-state index >= 15 is 0 Å². The SMILES string of the molecule is CCc1noc(C)c1S. The van der Waals surface area contributed by atoms with Gasteiger partial charge in [0.15, 0.2) is 0 Å². The van der Waals surface area contributed by atoms with Gasteiger partial charge in [-0.2, -0.15) is 0 Å². The Hall–Kier alpha value is -0.440. The number of rotatable bonds is 1. The molecule has 0 aliphatic heterocycles. The molecule has 9 heavy (non-hydrogen) atoms. The Morgan fingerprint density at radius 3 is 2.56 bits per heavy atom. The molecule has 0 amide bonds. The van der Waals surface area contributed by atoms with Crippen molar-refractivity contribution in [3.8, 4) is 0 Å². The normalized spacial score (nSPS) is 10.1. The van der Waals surface area contributed by atoms with Crippen LogP contribution in [-0.2, 0) is 6.42 Å². The van der Waals surface area contributed by atoms with E-state index < -0.39 is 0 Å². The Balaban J connectivity index is 3.04. The summed E-state index contributed by atoms with van der Waals surface area (Å²) in [6.45, 7) is 3.88. The van der Waals surface area contributed by atoms with Crippen LogP contribution >= 0.6 is 12.6 Å². The summed E-state index contributed by atoms with van der Waals surface area (Å²) >= 11 is 4.19. The van der Waals surface area contributed by atoms with Gasteiger partial charge in [-0.1, -0.05) is 12.1 Å². The highest BCUT2D eigenvalue weighted by Gasteiger charge is 2.04. The van der Waals surface area contributed by atoms with Crippen molar-refractivity contribution in [2.45, 2.75) is 25.2 Å². The molecular weight excluding hydrogens is 134 g/mol. The van der Waals surface area contributed by atoms with Crippen molar-refractivity contribution in [3.63, 3.8) is 0 Å². The van der Waals surface area contributed by atoms with Gasteiger partial charge in [-0.15, -0.1) is 12.6 Å². The van der Waals surface area contributed by atoms with Gasteiger partial charge in [0.25, 0.3) is 0 Å². The van der Waals surface area contributed by atoms with Crippen molar-refractivity contribution in [1.82, 2.24) is 5.16 Å². The molecule has 0 aliphatic carbocycles. The van der Waals surface area contributed by atoms with E-state index in [0.717, 1.165) is 22.8 Å². The summed E-state index contributed by atoms with van der Waals surface area (Å²) in [5.41, 5.74) is 0.941. The summed E-state index contributed by atoms with van der Waals surface area (Å²) in [6.07, 6.45) is 0.885. The lowest BCUT2D eigenvalue weighted by Crippen LogP contribution is -1.78. The molecule has 0 bridgehead atoms. The average Bonchev–Trinajstić information content (AvgIpc) is 2.15. The molecule has 0 saturated heterocycles. The van der Waals surface area contributed by atoms with Crippen molar-refractivity contribution >= 4 is 12.6 Å². The minimum absolute atomic E-state index is 0.801. The fraction of sp³-hybridized carbons (Fsp3) is 0.500. The van der Waals surface area contributed by atoms with Gasteiger partial charge in [0, 0.05) is 0 Å². The fourth-order valence-corrected chi connectivity index (χ4v) is 0.885. The average molecular weight is 143 g/mol. The first-order valence-corrected chi connectivity index (χ1v) is 3.34. The molecule has 1 aromatic rings. The summed E-state index contributed by atoms with van der Waals surface area (Å²) in [5.74, 6) is 0.801. The zero-order chi connectivity index (χ0) is 6.85.